The molecule has 0 aliphatic rings. The molecule has 0 aliphatic heterocycles. The molecule has 138 valence electrons. The number of carbonyl (C=O) groups is 1. The predicted molar refractivity (Wildman–Crippen MR) is 98.0 cm³/mol. The second kappa shape index (κ2) is 6.95. The normalized spacial score (nSPS) is 11.9. The van der Waals surface area contributed by atoms with E-state index in [0.29, 0.717) is 10.8 Å². The maximum absolute atomic E-state index is 11.6. The Morgan fingerprint density at radius 1 is 1.04 bits per heavy atom. The van der Waals surface area contributed by atoms with E-state index in [4.69, 9.17) is 11.6 Å². The lowest BCUT2D eigenvalue weighted by Gasteiger charge is -2.08. The summed E-state index contributed by atoms with van der Waals surface area (Å²) < 4.78 is 32.5. The number of azo groups is 1. The highest BCUT2D eigenvalue weighted by molar-refractivity contribution is 7.86. The minimum Gasteiger partial charge on any atom is -0.505 e. The van der Waals surface area contributed by atoms with E-state index in [1.807, 2.05) is 0 Å². The van der Waals surface area contributed by atoms with Crippen molar-refractivity contribution in [3.8, 4) is 5.75 Å². The van der Waals surface area contributed by atoms with Gasteiger partial charge < -0.3 is 10.2 Å². The summed E-state index contributed by atoms with van der Waals surface area (Å²) in [4.78, 5) is 10.7. The molecule has 0 bridgehead atoms. The van der Waals surface area contributed by atoms with Gasteiger partial charge in [0.15, 0.2) is 5.75 Å². The topological polar surface area (TPSA) is 137 Å². The largest absolute Gasteiger partial charge is 0.505 e. The average molecular weight is 407 g/mol. The molecule has 3 N–H and O–H groups in total. The van der Waals surface area contributed by atoms with Gasteiger partial charge in [-0.25, -0.2) is 4.79 Å². The van der Waals surface area contributed by atoms with Crippen LogP contribution in [0.25, 0.3) is 10.8 Å². The number of carboxylic acid groups (broad SMARTS) is 1. The molecule has 27 heavy (non-hydrogen) atoms. The zero-order chi connectivity index (χ0) is 19.8. The van der Waals surface area contributed by atoms with E-state index in [1.54, 1.807) is 24.3 Å². The molecular formula is C17H11ClN2O6S. The lowest BCUT2D eigenvalue weighted by Crippen LogP contribution is -1.99. The molecule has 0 spiro atoms. The minimum atomic E-state index is -4.69. The molecule has 0 radical (unpaired) electrons. The van der Waals surface area contributed by atoms with E-state index >= 15 is 0 Å². The van der Waals surface area contributed by atoms with Crippen molar-refractivity contribution in [2.75, 3.05) is 0 Å². The van der Waals surface area contributed by atoms with Gasteiger partial charge in [0, 0.05) is 5.39 Å². The predicted octanol–water partition coefficient (Wildman–Crippen LogP) is 4.56. The van der Waals surface area contributed by atoms with Crippen molar-refractivity contribution in [3.63, 3.8) is 0 Å². The van der Waals surface area contributed by atoms with Crippen LogP contribution in [0.3, 0.4) is 0 Å². The number of fused-ring (bicyclic) bond motifs is 1. The number of hydrogen-bond acceptors (Lipinski definition) is 6. The van der Waals surface area contributed by atoms with E-state index in [1.165, 1.54) is 24.3 Å². The highest BCUT2D eigenvalue weighted by Crippen LogP contribution is 2.40. The van der Waals surface area contributed by atoms with Gasteiger partial charge in [-0.05, 0) is 23.6 Å². The zero-order valence-corrected chi connectivity index (χ0v) is 14.9. The summed E-state index contributed by atoms with van der Waals surface area (Å²) in [6.45, 7) is 0. The van der Waals surface area contributed by atoms with Gasteiger partial charge >= 0.3 is 5.97 Å². The third-order valence-corrected chi connectivity index (χ3v) is 5.06. The number of carboxylic acids is 1. The van der Waals surface area contributed by atoms with Gasteiger partial charge in [-0.3, -0.25) is 4.55 Å². The van der Waals surface area contributed by atoms with Gasteiger partial charge in [-0.1, -0.05) is 41.9 Å². The number of aromatic hydroxyl groups is 1. The van der Waals surface area contributed by atoms with Crippen LogP contribution in [0.1, 0.15) is 10.4 Å². The highest BCUT2D eigenvalue weighted by Gasteiger charge is 2.21. The molecule has 8 nitrogen and oxygen atoms in total. The molecule has 0 aliphatic carbocycles. The molecule has 0 saturated carbocycles. The van der Waals surface area contributed by atoms with Crippen molar-refractivity contribution in [1.29, 1.82) is 0 Å². The first-order valence-corrected chi connectivity index (χ1v) is 9.17. The highest BCUT2D eigenvalue weighted by atomic mass is 35.5. The van der Waals surface area contributed by atoms with Gasteiger partial charge in [0.25, 0.3) is 10.1 Å². The summed E-state index contributed by atoms with van der Waals surface area (Å²) >= 11 is 5.82. The number of rotatable bonds is 4. The Bertz CT molecular complexity index is 1210. The summed E-state index contributed by atoms with van der Waals surface area (Å²) in [5.74, 6) is -1.99. The molecule has 0 heterocycles. The van der Waals surface area contributed by atoms with Crippen molar-refractivity contribution >= 4 is 49.8 Å². The van der Waals surface area contributed by atoms with Crippen LogP contribution in [0.2, 0.25) is 5.02 Å². The van der Waals surface area contributed by atoms with Crippen LogP contribution < -0.4 is 0 Å². The minimum absolute atomic E-state index is 0.160. The maximum Gasteiger partial charge on any atom is 0.339 e. The van der Waals surface area contributed by atoms with E-state index in [9.17, 15) is 28.0 Å². The van der Waals surface area contributed by atoms with Crippen LogP contribution in [-0.2, 0) is 10.1 Å². The Morgan fingerprint density at radius 2 is 1.74 bits per heavy atom. The van der Waals surface area contributed by atoms with Crippen molar-refractivity contribution in [2.45, 2.75) is 4.90 Å². The van der Waals surface area contributed by atoms with Gasteiger partial charge in [0.1, 0.15) is 21.8 Å². The summed E-state index contributed by atoms with van der Waals surface area (Å²) in [5.41, 5.74) is -0.815. The van der Waals surface area contributed by atoms with Crippen molar-refractivity contribution in [3.05, 3.63) is 59.1 Å². The second-order valence-electron chi connectivity index (χ2n) is 5.41. The summed E-state index contributed by atoms with van der Waals surface area (Å²) in [6.07, 6.45) is 0. The number of aromatic carboxylic acids is 1. The number of benzene rings is 3. The number of halogens is 1. The Kier molecular flexibility index (Phi) is 4.83. The van der Waals surface area contributed by atoms with Crippen LogP contribution in [0.5, 0.6) is 5.75 Å². The van der Waals surface area contributed by atoms with Crippen molar-refractivity contribution in [2.24, 2.45) is 10.2 Å². The van der Waals surface area contributed by atoms with E-state index in [0.717, 1.165) is 0 Å². The lowest BCUT2D eigenvalue weighted by molar-refractivity contribution is 0.0694. The molecule has 0 atom stereocenters. The van der Waals surface area contributed by atoms with E-state index in [-0.39, 0.29) is 22.0 Å². The Balaban J connectivity index is 2.26. The Hall–Kier alpha value is -3.01. The standard InChI is InChI=1S/C17H11ClN2O6S/c18-12-6-3-7-13(16(12)27(24,25)26)19-20-14-10-5-2-1-4-9(10)8-11(15(14)21)17(22)23/h1-8,21H,(H,22,23)(H,24,25,26). The van der Waals surface area contributed by atoms with Crippen LogP contribution in [0.15, 0.2) is 63.7 Å². The van der Waals surface area contributed by atoms with Crippen LogP contribution in [0, 0.1) is 0 Å². The fourth-order valence-corrected chi connectivity index (χ4v) is 3.67. The molecule has 0 amide bonds. The first kappa shape index (κ1) is 18.8. The molecule has 3 aromatic rings. The van der Waals surface area contributed by atoms with Crippen molar-refractivity contribution in [1.82, 2.24) is 0 Å². The molecular weight excluding hydrogens is 396 g/mol. The molecule has 0 aromatic heterocycles. The van der Waals surface area contributed by atoms with E-state index in [2.05, 4.69) is 10.2 Å². The third kappa shape index (κ3) is 3.61. The van der Waals surface area contributed by atoms with Crippen molar-refractivity contribution < 1.29 is 28.0 Å². The van der Waals surface area contributed by atoms with Gasteiger partial charge in [0.05, 0.1) is 5.02 Å². The number of nitrogens with zero attached hydrogens (tertiary/aromatic N) is 2. The van der Waals surface area contributed by atoms with Crippen LogP contribution >= 0.6 is 11.6 Å². The smallest absolute Gasteiger partial charge is 0.339 e. The molecule has 3 rings (SSSR count). The molecule has 0 unspecified atom stereocenters. The molecule has 3 aromatic carbocycles. The first-order valence-electron chi connectivity index (χ1n) is 7.36. The maximum atomic E-state index is 11.6. The summed E-state index contributed by atoms with van der Waals surface area (Å²) in [6, 6.07) is 11.7. The average Bonchev–Trinajstić information content (AvgIpc) is 2.59. The monoisotopic (exact) mass is 406 g/mol. The summed E-state index contributed by atoms with van der Waals surface area (Å²) in [5, 5.41) is 27.8. The van der Waals surface area contributed by atoms with Crippen LogP contribution in [0.4, 0.5) is 11.4 Å². The quantitative estimate of drug-likeness (QED) is 0.429. The van der Waals surface area contributed by atoms with Gasteiger partial charge in [0.2, 0.25) is 0 Å². The fraction of sp³-hybridized carbons (Fsp3) is 0. The molecule has 0 saturated heterocycles. The SMILES string of the molecule is O=C(O)c1cc2ccccc2c(N=Nc2cccc(Cl)c2S(=O)(=O)O)c1O. The lowest BCUT2D eigenvalue weighted by atomic mass is 10.0. The number of hydrogen-bond donors (Lipinski definition) is 3. The third-order valence-electron chi connectivity index (χ3n) is 3.69. The number of phenols is 1. The van der Waals surface area contributed by atoms with E-state index < -0.39 is 26.7 Å². The fourth-order valence-electron chi connectivity index (χ4n) is 2.52. The zero-order valence-electron chi connectivity index (χ0n) is 13.4. The van der Waals surface area contributed by atoms with Gasteiger partial charge in [-0.15, -0.1) is 10.2 Å². The molecule has 0 fully saturated rings. The second-order valence-corrected chi connectivity index (χ2v) is 7.18. The first-order chi connectivity index (χ1) is 12.7. The Morgan fingerprint density at radius 3 is 2.41 bits per heavy atom. The van der Waals surface area contributed by atoms with Crippen LogP contribution in [-0.4, -0.2) is 29.2 Å². The molecule has 10 heteroatoms. The van der Waals surface area contributed by atoms with Gasteiger partial charge in [-0.2, -0.15) is 8.42 Å². The summed E-state index contributed by atoms with van der Waals surface area (Å²) in [7, 11) is -4.69. The Labute approximate surface area is 158 Å².